The minimum Gasteiger partial charge on any atom is -0.379 e. The standard InChI is InChI=1S/C20H24N4O2/c1-13-21-8-6-19(22-13)23-18-12-26-9-7-17(18)24-20(25)16-10-14-4-2-3-5-15(14)11-16/h2-6,8,16-18H,7,9-12H2,1H3,(H,24,25)(H,21,22,23)/t17-,18+/m0/s1. The maximum absolute atomic E-state index is 12.8. The molecule has 2 aromatic rings. The number of carbonyl (C=O) groups excluding carboxylic acids is 1. The van der Waals surface area contributed by atoms with E-state index in [-0.39, 0.29) is 23.9 Å². The molecule has 1 saturated heterocycles. The number of nitrogens with one attached hydrogen (secondary N) is 2. The lowest BCUT2D eigenvalue weighted by Gasteiger charge is -2.33. The fraction of sp³-hybridized carbons (Fsp3) is 0.450. The highest BCUT2D eigenvalue weighted by Crippen LogP contribution is 2.27. The second kappa shape index (κ2) is 7.41. The molecule has 0 bridgehead atoms. The minimum absolute atomic E-state index is 0.00535. The smallest absolute Gasteiger partial charge is 0.224 e. The maximum Gasteiger partial charge on any atom is 0.224 e. The Labute approximate surface area is 153 Å². The first-order valence-electron chi connectivity index (χ1n) is 9.20. The Kier molecular flexibility index (Phi) is 4.84. The van der Waals surface area contributed by atoms with Gasteiger partial charge in [-0.2, -0.15) is 0 Å². The molecular weight excluding hydrogens is 328 g/mol. The van der Waals surface area contributed by atoms with Crippen molar-refractivity contribution < 1.29 is 9.53 Å². The van der Waals surface area contributed by atoms with Gasteiger partial charge in [-0.1, -0.05) is 24.3 Å². The highest BCUT2D eigenvalue weighted by molar-refractivity contribution is 5.80. The van der Waals surface area contributed by atoms with Gasteiger partial charge in [0.05, 0.1) is 18.7 Å². The number of rotatable bonds is 4. The Bertz CT molecular complexity index is 770. The van der Waals surface area contributed by atoms with Gasteiger partial charge in [0.2, 0.25) is 5.91 Å². The molecule has 1 aromatic carbocycles. The van der Waals surface area contributed by atoms with E-state index in [1.54, 1.807) is 6.20 Å². The highest BCUT2D eigenvalue weighted by atomic mass is 16.5. The Morgan fingerprint density at radius 3 is 2.65 bits per heavy atom. The lowest BCUT2D eigenvalue weighted by atomic mass is 10.00. The van der Waals surface area contributed by atoms with Crippen molar-refractivity contribution in [3.05, 3.63) is 53.5 Å². The molecular formula is C20H24N4O2. The summed E-state index contributed by atoms with van der Waals surface area (Å²) in [5.74, 6) is 1.65. The Morgan fingerprint density at radius 2 is 1.92 bits per heavy atom. The van der Waals surface area contributed by atoms with Gasteiger partial charge in [0.1, 0.15) is 11.6 Å². The molecule has 2 heterocycles. The maximum atomic E-state index is 12.8. The van der Waals surface area contributed by atoms with Gasteiger partial charge in [-0.3, -0.25) is 4.79 Å². The fourth-order valence-electron chi connectivity index (χ4n) is 3.82. The van der Waals surface area contributed by atoms with E-state index in [4.69, 9.17) is 4.74 Å². The van der Waals surface area contributed by atoms with Crippen molar-refractivity contribution >= 4 is 11.7 Å². The molecule has 4 rings (SSSR count). The molecule has 2 atom stereocenters. The van der Waals surface area contributed by atoms with Crippen molar-refractivity contribution in [3.63, 3.8) is 0 Å². The molecule has 1 fully saturated rings. The quantitative estimate of drug-likeness (QED) is 0.879. The first-order valence-corrected chi connectivity index (χ1v) is 9.20. The van der Waals surface area contributed by atoms with Gasteiger partial charge in [-0.05, 0) is 43.4 Å². The van der Waals surface area contributed by atoms with Crippen molar-refractivity contribution in [3.8, 4) is 0 Å². The summed E-state index contributed by atoms with van der Waals surface area (Å²) in [5, 5.41) is 6.65. The molecule has 136 valence electrons. The summed E-state index contributed by atoms with van der Waals surface area (Å²) < 4.78 is 5.62. The number of nitrogens with zero attached hydrogens (tertiary/aromatic N) is 2. The van der Waals surface area contributed by atoms with Crippen LogP contribution in [-0.2, 0) is 22.4 Å². The predicted octanol–water partition coefficient (Wildman–Crippen LogP) is 1.89. The third-order valence-corrected chi connectivity index (χ3v) is 5.22. The molecule has 1 aliphatic carbocycles. The minimum atomic E-state index is 0.00535. The number of amides is 1. The van der Waals surface area contributed by atoms with Crippen LogP contribution in [0.3, 0.4) is 0 Å². The average molecular weight is 352 g/mol. The van der Waals surface area contributed by atoms with Crippen LogP contribution in [-0.4, -0.2) is 41.2 Å². The summed E-state index contributed by atoms with van der Waals surface area (Å²) in [6.45, 7) is 3.08. The van der Waals surface area contributed by atoms with Gasteiger partial charge >= 0.3 is 0 Å². The molecule has 0 unspecified atom stereocenters. The normalized spacial score (nSPS) is 22.7. The SMILES string of the molecule is Cc1nccc(N[C@@H]2COCC[C@@H]2NC(=O)C2Cc3ccccc3C2)n1. The van der Waals surface area contributed by atoms with Crippen molar-refractivity contribution in [1.29, 1.82) is 0 Å². The summed E-state index contributed by atoms with van der Waals surface area (Å²) >= 11 is 0. The molecule has 0 spiro atoms. The summed E-state index contributed by atoms with van der Waals surface area (Å²) in [4.78, 5) is 21.3. The first-order chi connectivity index (χ1) is 12.7. The monoisotopic (exact) mass is 352 g/mol. The molecule has 6 nitrogen and oxygen atoms in total. The van der Waals surface area contributed by atoms with E-state index in [1.807, 2.05) is 25.1 Å². The van der Waals surface area contributed by atoms with Crippen molar-refractivity contribution in [2.75, 3.05) is 18.5 Å². The van der Waals surface area contributed by atoms with Crippen molar-refractivity contribution in [2.24, 2.45) is 5.92 Å². The highest BCUT2D eigenvalue weighted by Gasteiger charge is 2.32. The van der Waals surface area contributed by atoms with Crippen LogP contribution in [0.1, 0.15) is 23.4 Å². The first kappa shape index (κ1) is 17.0. The van der Waals surface area contributed by atoms with Crippen LogP contribution in [0.5, 0.6) is 0 Å². The van der Waals surface area contributed by atoms with E-state index in [1.165, 1.54) is 11.1 Å². The Hall–Kier alpha value is -2.47. The molecule has 1 aliphatic heterocycles. The van der Waals surface area contributed by atoms with Gasteiger partial charge in [0.25, 0.3) is 0 Å². The van der Waals surface area contributed by atoms with Crippen LogP contribution < -0.4 is 10.6 Å². The van der Waals surface area contributed by atoms with Crippen LogP contribution in [0.2, 0.25) is 0 Å². The molecule has 1 amide bonds. The predicted molar refractivity (Wildman–Crippen MR) is 98.9 cm³/mol. The number of ether oxygens (including phenoxy) is 1. The van der Waals surface area contributed by atoms with Crippen molar-refractivity contribution in [1.82, 2.24) is 15.3 Å². The number of anilines is 1. The largest absolute Gasteiger partial charge is 0.379 e. The number of aryl methyl sites for hydroxylation is 1. The van der Waals surface area contributed by atoms with Crippen LogP contribution in [0.4, 0.5) is 5.82 Å². The summed E-state index contributed by atoms with van der Waals surface area (Å²) in [6, 6.07) is 10.2. The molecule has 2 N–H and O–H groups in total. The van der Waals surface area contributed by atoms with E-state index in [0.29, 0.717) is 13.2 Å². The molecule has 6 heteroatoms. The zero-order valence-corrected chi connectivity index (χ0v) is 14.9. The molecule has 2 aliphatic rings. The Morgan fingerprint density at radius 1 is 1.15 bits per heavy atom. The van der Waals surface area contributed by atoms with E-state index >= 15 is 0 Å². The second-order valence-electron chi connectivity index (χ2n) is 7.09. The summed E-state index contributed by atoms with van der Waals surface area (Å²) in [5.41, 5.74) is 2.59. The lowest BCUT2D eigenvalue weighted by Crippen LogP contribution is -2.53. The third-order valence-electron chi connectivity index (χ3n) is 5.22. The lowest BCUT2D eigenvalue weighted by molar-refractivity contribution is -0.126. The molecule has 0 saturated carbocycles. The Balaban J connectivity index is 1.40. The van der Waals surface area contributed by atoms with E-state index in [9.17, 15) is 4.79 Å². The molecule has 0 radical (unpaired) electrons. The number of aromatic nitrogens is 2. The van der Waals surface area contributed by atoms with Crippen LogP contribution in [0.15, 0.2) is 36.5 Å². The van der Waals surface area contributed by atoms with Gasteiger partial charge in [-0.25, -0.2) is 9.97 Å². The van der Waals surface area contributed by atoms with Crippen LogP contribution in [0, 0.1) is 12.8 Å². The number of hydrogen-bond donors (Lipinski definition) is 2. The summed E-state index contributed by atoms with van der Waals surface area (Å²) in [6.07, 6.45) is 4.19. The van der Waals surface area contributed by atoms with Crippen molar-refractivity contribution in [2.45, 2.75) is 38.3 Å². The van der Waals surface area contributed by atoms with Gasteiger partial charge in [-0.15, -0.1) is 0 Å². The second-order valence-corrected chi connectivity index (χ2v) is 7.09. The van der Waals surface area contributed by atoms with Crippen LogP contribution in [0.25, 0.3) is 0 Å². The number of carbonyl (C=O) groups is 1. The summed E-state index contributed by atoms with van der Waals surface area (Å²) in [7, 11) is 0. The molecule has 26 heavy (non-hydrogen) atoms. The number of benzene rings is 1. The fourth-order valence-corrected chi connectivity index (χ4v) is 3.82. The number of fused-ring (bicyclic) bond motifs is 1. The number of hydrogen-bond acceptors (Lipinski definition) is 5. The van der Waals surface area contributed by atoms with Gasteiger partial charge in [0.15, 0.2) is 0 Å². The zero-order chi connectivity index (χ0) is 17.9. The molecule has 1 aromatic heterocycles. The van der Waals surface area contributed by atoms with E-state index in [0.717, 1.165) is 30.9 Å². The van der Waals surface area contributed by atoms with E-state index in [2.05, 4.69) is 32.7 Å². The van der Waals surface area contributed by atoms with E-state index < -0.39 is 0 Å². The van der Waals surface area contributed by atoms with Gasteiger partial charge < -0.3 is 15.4 Å². The van der Waals surface area contributed by atoms with Gasteiger partial charge in [0, 0.05) is 18.7 Å². The van der Waals surface area contributed by atoms with Crippen LogP contribution >= 0.6 is 0 Å². The third kappa shape index (κ3) is 3.70. The average Bonchev–Trinajstić information content (AvgIpc) is 3.08. The topological polar surface area (TPSA) is 76.1 Å². The zero-order valence-electron chi connectivity index (χ0n) is 14.9.